The van der Waals surface area contributed by atoms with Crippen LogP contribution in [0.25, 0.3) is 0 Å². The number of amides is 1. The van der Waals surface area contributed by atoms with Crippen molar-refractivity contribution in [1.29, 1.82) is 0 Å². The maximum absolute atomic E-state index is 11.5. The van der Waals surface area contributed by atoms with Crippen LogP contribution in [0.1, 0.15) is 25.3 Å². The summed E-state index contributed by atoms with van der Waals surface area (Å²) in [6, 6.07) is 16.7. The molecular weight excluding hydrogens is 238 g/mol. The molecule has 0 atom stereocenters. The molecule has 0 saturated carbocycles. The highest BCUT2D eigenvalue weighted by atomic mass is 16.4. The number of rotatable bonds is 3. The Kier molecular flexibility index (Phi) is 3.85. The molecule has 2 aromatic carbocycles. The van der Waals surface area contributed by atoms with Gasteiger partial charge in [-0.1, -0.05) is 44.2 Å². The predicted octanol–water partition coefficient (Wildman–Crippen LogP) is 4.63. The van der Waals surface area contributed by atoms with Crippen LogP contribution in [0, 0.1) is 0 Å². The molecule has 0 aliphatic heterocycles. The zero-order valence-corrected chi connectivity index (χ0v) is 11.1. The molecule has 0 aliphatic rings. The molecule has 0 heterocycles. The first-order valence-electron chi connectivity index (χ1n) is 6.27. The zero-order valence-electron chi connectivity index (χ0n) is 11.1. The molecule has 2 rings (SSSR count). The third kappa shape index (κ3) is 2.94. The summed E-state index contributed by atoms with van der Waals surface area (Å²) < 4.78 is 0. The second-order valence-electron chi connectivity index (χ2n) is 4.70. The number of nitrogens with zero attached hydrogens (tertiary/aromatic N) is 1. The molecule has 2 aromatic rings. The molecule has 19 heavy (non-hydrogen) atoms. The number of carbonyl (C=O) groups is 1. The van der Waals surface area contributed by atoms with Crippen LogP contribution in [-0.4, -0.2) is 11.2 Å². The van der Waals surface area contributed by atoms with Crippen molar-refractivity contribution in [2.45, 2.75) is 19.8 Å². The quantitative estimate of drug-likeness (QED) is 0.868. The molecule has 3 nitrogen and oxygen atoms in total. The van der Waals surface area contributed by atoms with E-state index in [1.165, 1.54) is 4.90 Å². The van der Waals surface area contributed by atoms with E-state index in [0.29, 0.717) is 17.3 Å². The van der Waals surface area contributed by atoms with E-state index in [-0.39, 0.29) is 0 Å². The fraction of sp³-hybridized carbons (Fsp3) is 0.188. The summed E-state index contributed by atoms with van der Waals surface area (Å²) in [5.41, 5.74) is 2.44. The fourth-order valence-corrected chi connectivity index (χ4v) is 1.97. The van der Waals surface area contributed by atoms with Crippen LogP contribution in [0.5, 0.6) is 0 Å². The number of anilines is 2. The molecule has 0 radical (unpaired) electrons. The summed E-state index contributed by atoms with van der Waals surface area (Å²) in [6.45, 7) is 4.18. The maximum Gasteiger partial charge on any atom is 0.416 e. The third-order valence-corrected chi connectivity index (χ3v) is 3.00. The summed E-state index contributed by atoms with van der Waals surface area (Å²) in [4.78, 5) is 12.8. The predicted molar refractivity (Wildman–Crippen MR) is 77.1 cm³/mol. The monoisotopic (exact) mass is 255 g/mol. The lowest BCUT2D eigenvalue weighted by Crippen LogP contribution is -2.23. The van der Waals surface area contributed by atoms with Crippen LogP contribution in [-0.2, 0) is 0 Å². The average Bonchev–Trinajstić information content (AvgIpc) is 2.40. The van der Waals surface area contributed by atoms with E-state index in [1.54, 1.807) is 12.1 Å². The standard InChI is InChI=1S/C16H17NO2/c1-12(2)13-7-6-10-15(11-13)17(16(18)19)14-8-4-3-5-9-14/h3-12H,1-2H3,(H,18,19). The zero-order chi connectivity index (χ0) is 13.8. The fourth-order valence-electron chi connectivity index (χ4n) is 1.97. The summed E-state index contributed by atoms with van der Waals surface area (Å²) >= 11 is 0. The SMILES string of the molecule is CC(C)c1cccc(N(C(=O)O)c2ccccc2)c1. The molecule has 1 N–H and O–H groups in total. The van der Waals surface area contributed by atoms with Gasteiger partial charge in [-0.3, -0.25) is 0 Å². The van der Waals surface area contributed by atoms with E-state index in [9.17, 15) is 9.90 Å². The van der Waals surface area contributed by atoms with Gasteiger partial charge in [0.15, 0.2) is 0 Å². The molecule has 0 bridgehead atoms. The van der Waals surface area contributed by atoms with Crippen molar-refractivity contribution in [3.05, 3.63) is 60.2 Å². The smallest absolute Gasteiger partial charge is 0.416 e. The van der Waals surface area contributed by atoms with Crippen molar-refractivity contribution >= 4 is 17.5 Å². The molecule has 0 aliphatic carbocycles. The molecule has 0 spiro atoms. The average molecular weight is 255 g/mol. The molecule has 0 unspecified atom stereocenters. The van der Waals surface area contributed by atoms with Gasteiger partial charge in [0.05, 0.1) is 11.4 Å². The molecule has 0 fully saturated rings. The summed E-state index contributed by atoms with van der Waals surface area (Å²) in [6.07, 6.45) is -0.980. The van der Waals surface area contributed by atoms with E-state index < -0.39 is 6.09 Å². The van der Waals surface area contributed by atoms with Crippen molar-refractivity contribution in [1.82, 2.24) is 0 Å². The van der Waals surface area contributed by atoms with E-state index in [2.05, 4.69) is 13.8 Å². The Morgan fingerprint density at radius 2 is 1.63 bits per heavy atom. The van der Waals surface area contributed by atoms with Gasteiger partial charge < -0.3 is 5.11 Å². The number of para-hydroxylation sites is 1. The lowest BCUT2D eigenvalue weighted by atomic mass is 10.0. The topological polar surface area (TPSA) is 40.5 Å². The van der Waals surface area contributed by atoms with Crippen molar-refractivity contribution in [3.63, 3.8) is 0 Å². The van der Waals surface area contributed by atoms with Crippen LogP contribution in [0.15, 0.2) is 54.6 Å². The summed E-state index contributed by atoms with van der Waals surface area (Å²) in [5, 5.41) is 9.44. The van der Waals surface area contributed by atoms with Crippen LogP contribution in [0.4, 0.5) is 16.2 Å². The van der Waals surface area contributed by atoms with Gasteiger partial charge in [-0.15, -0.1) is 0 Å². The van der Waals surface area contributed by atoms with Gasteiger partial charge in [0.1, 0.15) is 0 Å². The van der Waals surface area contributed by atoms with E-state index >= 15 is 0 Å². The second-order valence-corrected chi connectivity index (χ2v) is 4.70. The summed E-state index contributed by atoms with van der Waals surface area (Å²) in [7, 11) is 0. The van der Waals surface area contributed by atoms with Crippen LogP contribution >= 0.6 is 0 Å². The van der Waals surface area contributed by atoms with Crippen molar-refractivity contribution in [2.75, 3.05) is 4.90 Å². The van der Waals surface area contributed by atoms with E-state index in [0.717, 1.165) is 5.56 Å². The number of carboxylic acid groups (broad SMARTS) is 1. The molecule has 1 amide bonds. The van der Waals surface area contributed by atoms with Gasteiger partial charge in [0.2, 0.25) is 0 Å². The van der Waals surface area contributed by atoms with Crippen molar-refractivity contribution in [3.8, 4) is 0 Å². The highest BCUT2D eigenvalue weighted by Crippen LogP contribution is 2.28. The molecule has 0 saturated heterocycles. The number of hydrogen-bond acceptors (Lipinski definition) is 1. The normalized spacial score (nSPS) is 10.5. The van der Waals surface area contributed by atoms with Crippen LogP contribution in [0.2, 0.25) is 0 Å². The van der Waals surface area contributed by atoms with Crippen LogP contribution in [0.3, 0.4) is 0 Å². The Balaban J connectivity index is 2.46. The summed E-state index contributed by atoms with van der Waals surface area (Å²) in [5.74, 6) is 0.367. The highest BCUT2D eigenvalue weighted by Gasteiger charge is 2.17. The Bertz CT molecular complexity index is 564. The molecular formula is C16H17NO2. The third-order valence-electron chi connectivity index (χ3n) is 3.00. The second kappa shape index (κ2) is 5.57. The van der Waals surface area contributed by atoms with Gasteiger partial charge in [-0.2, -0.15) is 0 Å². The van der Waals surface area contributed by atoms with E-state index in [4.69, 9.17) is 0 Å². The van der Waals surface area contributed by atoms with Crippen molar-refractivity contribution < 1.29 is 9.90 Å². The minimum absolute atomic E-state index is 0.367. The van der Waals surface area contributed by atoms with Crippen LogP contribution < -0.4 is 4.90 Å². The van der Waals surface area contributed by atoms with Gasteiger partial charge >= 0.3 is 6.09 Å². The van der Waals surface area contributed by atoms with Gasteiger partial charge in [-0.25, -0.2) is 9.69 Å². The number of hydrogen-bond donors (Lipinski definition) is 1. The van der Waals surface area contributed by atoms with Crippen molar-refractivity contribution in [2.24, 2.45) is 0 Å². The first-order valence-corrected chi connectivity index (χ1v) is 6.27. The Morgan fingerprint density at radius 1 is 1.00 bits per heavy atom. The Labute approximate surface area is 113 Å². The largest absolute Gasteiger partial charge is 0.464 e. The van der Waals surface area contributed by atoms with Gasteiger partial charge in [-0.05, 0) is 35.7 Å². The highest BCUT2D eigenvalue weighted by molar-refractivity contribution is 5.94. The molecule has 98 valence electrons. The Morgan fingerprint density at radius 3 is 2.21 bits per heavy atom. The Hall–Kier alpha value is -2.29. The van der Waals surface area contributed by atoms with Gasteiger partial charge in [0.25, 0.3) is 0 Å². The lowest BCUT2D eigenvalue weighted by Gasteiger charge is -2.20. The first kappa shape index (κ1) is 13.1. The molecule has 3 heteroatoms. The number of benzene rings is 2. The molecule has 0 aromatic heterocycles. The maximum atomic E-state index is 11.5. The minimum Gasteiger partial charge on any atom is -0.464 e. The minimum atomic E-state index is -0.980. The lowest BCUT2D eigenvalue weighted by molar-refractivity contribution is 0.205. The van der Waals surface area contributed by atoms with E-state index in [1.807, 2.05) is 42.5 Å². The first-order chi connectivity index (χ1) is 9.09. The van der Waals surface area contributed by atoms with Gasteiger partial charge in [0, 0.05) is 0 Å².